The van der Waals surface area contributed by atoms with E-state index in [-0.39, 0.29) is 6.09 Å². The standard InChI is InChI=1S/C16H33NO2Se/c1-5-6-7-8-9-10-11-13-20-14-12-17-15(18)19-16(2,3)4/h5-14H2,1-4H3,(H,17,18). The van der Waals surface area contributed by atoms with Crippen LogP contribution >= 0.6 is 0 Å². The number of amides is 1. The third kappa shape index (κ3) is 15.8. The first kappa shape index (κ1) is 19.8. The number of rotatable bonds is 11. The Balaban J connectivity index is 3.19. The quantitative estimate of drug-likeness (QED) is 0.429. The van der Waals surface area contributed by atoms with Gasteiger partial charge in [0.05, 0.1) is 0 Å². The van der Waals surface area contributed by atoms with Gasteiger partial charge in [0.15, 0.2) is 0 Å². The molecule has 1 N–H and O–H groups in total. The van der Waals surface area contributed by atoms with Gasteiger partial charge < -0.3 is 0 Å². The number of carbonyl (C=O) groups excluding carboxylic acids is 1. The summed E-state index contributed by atoms with van der Waals surface area (Å²) in [6.07, 6.45) is 9.37. The van der Waals surface area contributed by atoms with Crippen molar-refractivity contribution < 1.29 is 9.53 Å². The normalized spacial score (nSPS) is 11.4. The SMILES string of the molecule is CCCCCCCCC[Se]CCNC(=O)OC(C)(C)C. The van der Waals surface area contributed by atoms with E-state index in [0.717, 1.165) is 11.9 Å². The molecule has 0 aliphatic rings. The van der Waals surface area contributed by atoms with Crippen molar-refractivity contribution in [1.29, 1.82) is 0 Å². The fourth-order valence-corrected chi connectivity index (χ4v) is 3.60. The van der Waals surface area contributed by atoms with Crippen LogP contribution in [-0.2, 0) is 4.74 Å². The van der Waals surface area contributed by atoms with E-state index >= 15 is 0 Å². The molecule has 1 amide bonds. The molecule has 120 valence electrons. The molecule has 0 saturated heterocycles. The van der Waals surface area contributed by atoms with Crippen LogP contribution in [0.1, 0.15) is 72.6 Å². The van der Waals surface area contributed by atoms with Crippen LogP contribution in [0.15, 0.2) is 0 Å². The first-order valence-corrected chi connectivity index (χ1v) is 10.4. The zero-order valence-corrected chi connectivity index (χ0v) is 15.5. The molecule has 0 radical (unpaired) electrons. The molecule has 20 heavy (non-hydrogen) atoms. The van der Waals surface area contributed by atoms with Crippen molar-refractivity contribution >= 4 is 21.1 Å². The predicted octanol–water partition coefficient (Wildman–Crippen LogP) is 4.80. The molecule has 0 spiro atoms. The van der Waals surface area contributed by atoms with Crippen molar-refractivity contribution in [1.82, 2.24) is 5.32 Å². The molecule has 0 aromatic rings. The van der Waals surface area contributed by atoms with E-state index in [1.165, 1.54) is 50.3 Å². The first-order chi connectivity index (χ1) is 9.45. The zero-order valence-electron chi connectivity index (χ0n) is 13.8. The predicted molar refractivity (Wildman–Crippen MR) is 87.6 cm³/mol. The summed E-state index contributed by atoms with van der Waals surface area (Å²) in [4.78, 5) is 11.4. The molecule has 0 atom stereocenters. The molecule has 0 bridgehead atoms. The summed E-state index contributed by atoms with van der Waals surface area (Å²) in [5.41, 5.74) is -0.396. The summed E-state index contributed by atoms with van der Waals surface area (Å²) in [5.74, 6) is 0. The van der Waals surface area contributed by atoms with E-state index in [1.807, 2.05) is 20.8 Å². The van der Waals surface area contributed by atoms with Crippen molar-refractivity contribution in [2.45, 2.75) is 88.9 Å². The van der Waals surface area contributed by atoms with Crippen molar-refractivity contribution in [3.8, 4) is 0 Å². The van der Waals surface area contributed by atoms with Crippen LogP contribution in [0.5, 0.6) is 0 Å². The number of ether oxygens (including phenoxy) is 1. The van der Waals surface area contributed by atoms with Crippen LogP contribution in [0.3, 0.4) is 0 Å². The molecular weight excluding hydrogens is 317 g/mol. The molecule has 0 unspecified atom stereocenters. The zero-order chi connectivity index (χ0) is 15.3. The van der Waals surface area contributed by atoms with Crippen molar-refractivity contribution in [2.24, 2.45) is 0 Å². The van der Waals surface area contributed by atoms with Crippen molar-refractivity contribution in [2.75, 3.05) is 6.54 Å². The van der Waals surface area contributed by atoms with Gasteiger partial charge in [-0.05, 0) is 0 Å². The van der Waals surface area contributed by atoms with E-state index in [0.29, 0.717) is 15.0 Å². The summed E-state index contributed by atoms with van der Waals surface area (Å²) >= 11 is 0.665. The second kappa shape index (κ2) is 12.5. The Hall–Kier alpha value is -0.211. The summed E-state index contributed by atoms with van der Waals surface area (Å²) in [5, 5.41) is 5.28. The van der Waals surface area contributed by atoms with E-state index in [9.17, 15) is 4.79 Å². The van der Waals surface area contributed by atoms with Gasteiger partial charge in [-0.1, -0.05) is 0 Å². The Morgan fingerprint density at radius 2 is 1.60 bits per heavy atom. The Kier molecular flexibility index (Phi) is 12.4. The van der Waals surface area contributed by atoms with Crippen molar-refractivity contribution in [3.05, 3.63) is 0 Å². The summed E-state index contributed by atoms with van der Waals surface area (Å²) < 4.78 is 5.19. The van der Waals surface area contributed by atoms with Gasteiger partial charge in [0.1, 0.15) is 0 Å². The van der Waals surface area contributed by atoms with Crippen LogP contribution < -0.4 is 5.32 Å². The van der Waals surface area contributed by atoms with E-state index in [2.05, 4.69) is 12.2 Å². The second-order valence-corrected chi connectivity index (χ2v) is 8.73. The number of hydrogen-bond donors (Lipinski definition) is 1. The molecule has 0 fully saturated rings. The van der Waals surface area contributed by atoms with Crippen LogP contribution in [0.2, 0.25) is 10.6 Å². The molecule has 0 heterocycles. The fraction of sp³-hybridized carbons (Fsp3) is 0.938. The third-order valence-electron chi connectivity index (χ3n) is 2.81. The third-order valence-corrected chi connectivity index (χ3v) is 5.05. The number of carbonyl (C=O) groups is 1. The van der Waals surface area contributed by atoms with Gasteiger partial charge in [0, 0.05) is 0 Å². The molecule has 0 rings (SSSR count). The molecular formula is C16H33NO2Se. The number of hydrogen-bond acceptors (Lipinski definition) is 2. The van der Waals surface area contributed by atoms with Crippen molar-refractivity contribution in [3.63, 3.8) is 0 Å². The average molecular weight is 350 g/mol. The average Bonchev–Trinajstić information content (AvgIpc) is 2.34. The van der Waals surface area contributed by atoms with Gasteiger partial charge in [-0.3, -0.25) is 0 Å². The van der Waals surface area contributed by atoms with Gasteiger partial charge >= 0.3 is 131 Å². The summed E-state index contributed by atoms with van der Waals surface area (Å²) in [7, 11) is 0. The van der Waals surface area contributed by atoms with Crippen LogP contribution in [0, 0.1) is 0 Å². The minimum absolute atomic E-state index is 0.288. The van der Waals surface area contributed by atoms with Crippen LogP contribution in [0.25, 0.3) is 0 Å². The molecule has 0 aromatic carbocycles. The summed E-state index contributed by atoms with van der Waals surface area (Å²) in [6, 6.07) is 0. The fourth-order valence-electron chi connectivity index (χ4n) is 1.80. The second-order valence-electron chi connectivity index (χ2n) is 6.16. The maximum atomic E-state index is 11.4. The monoisotopic (exact) mass is 351 g/mol. The van der Waals surface area contributed by atoms with Gasteiger partial charge in [-0.25, -0.2) is 0 Å². The minimum atomic E-state index is -0.396. The molecule has 0 aromatic heterocycles. The molecule has 0 aliphatic heterocycles. The Morgan fingerprint density at radius 3 is 2.20 bits per heavy atom. The molecule has 4 heteroatoms. The number of nitrogens with one attached hydrogen (secondary N) is 1. The van der Waals surface area contributed by atoms with Gasteiger partial charge in [-0.2, -0.15) is 0 Å². The topological polar surface area (TPSA) is 38.3 Å². The van der Waals surface area contributed by atoms with Gasteiger partial charge in [0.25, 0.3) is 0 Å². The van der Waals surface area contributed by atoms with Gasteiger partial charge in [-0.15, -0.1) is 0 Å². The Bertz CT molecular complexity index is 239. The first-order valence-electron chi connectivity index (χ1n) is 8.00. The molecule has 0 saturated carbocycles. The van der Waals surface area contributed by atoms with Crippen LogP contribution in [-0.4, -0.2) is 33.2 Å². The Morgan fingerprint density at radius 1 is 1.00 bits per heavy atom. The van der Waals surface area contributed by atoms with E-state index in [4.69, 9.17) is 4.74 Å². The van der Waals surface area contributed by atoms with E-state index in [1.54, 1.807) is 0 Å². The number of unbranched alkanes of at least 4 members (excludes halogenated alkanes) is 6. The maximum absolute atomic E-state index is 11.4. The summed E-state index contributed by atoms with van der Waals surface area (Å²) in [6.45, 7) is 8.67. The van der Waals surface area contributed by atoms with Gasteiger partial charge in [0.2, 0.25) is 0 Å². The van der Waals surface area contributed by atoms with E-state index < -0.39 is 5.60 Å². The number of alkyl carbamates (subject to hydrolysis) is 1. The molecule has 3 nitrogen and oxygen atoms in total. The van der Waals surface area contributed by atoms with Crippen LogP contribution in [0.4, 0.5) is 4.79 Å². The molecule has 0 aliphatic carbocycles. The Labute approximate surface area is 131 Å².